The van der Waals surface area contributed by atoms with E-state index >= 15 is 0 Å². The molecule has 0 heterocycles. The molecule has 0 aliphatic heterocycles. The number of isocyanates is 3. The number of hydrogen-bond donors (Lipinski definition) is 0. The number of nitrogens with zero attached hydrogens (tertiary/aromatic N) is 3. The summed E-state index contributed by atoms with van der Waals surface area (Å²) in [6.07, 6.45) is 4.20. The van der Waals surface area contributed by atoms with Gasteiger partial charge in [0.1, 0.15) is 11.6 Å². The molecule has 0 fully saturated rings. The van der Waals surface area contributed by atoms with E-state index in [1.54, 1.807) is 55.6 Å². The molecule has 3 rings (SSSR count). The van der Waals surface area contributed by atoms with Crippen LogP contribution in [0.4, 0.5) is 21.5 Å². The number of hydrogen-bond acceptors (Lipinski definition) is 7. The van der Waals surface area contributed by atoms with Crippen molar-refractivity contribution < 1.29 is 23.5 Å². The molecule has 0 N–H and O–H groups in total. The SMILES string of the molecule is COc1cccc(N=C=O)c1.O=C=Nc1cccc(Cl)c1.O=C=Nc1cccc(F)c1. The summed E-state index contributed by atoms with van der Waals surface area (Å²) in [6.45, 7) is 0. The lowest BCUT2D eigenvalue weighted by atomic mass is 10.3. The van der Waals surface area contributed by atoms with Gasteiger partial charge >= 0.3 is 0 Å². The molecule has 0 spiro atoms. The summed E-state index contributed by atoms with van der Waals surface area (Å²) in [5.74, 6) is 0.276. The molecule has 31 heavy (non-hydrogen) atoms. The van der Waals surface area contributed by atoms with Gasteiger partial charge in [0.25, 0.3) is 0 Å². The number of benzene rings is 3. The average Bonchev–Trinajstić information content (AvgIpc) is 2.76. The third-order valence-corrected chi connectivity index (χ3v) is 3.43. The fourth-order valence-electron chi connectivity index (χ4n) is 1.93. The van der Waals surface area contributed by atoms with E-state index in [1.807, 2.05) is 0 Å². The Hall–Kier alpha value is -4.18. The summed E-state index contributed by atoms with van der Waals surface area (Å²) < 4.78 is 17.2. The average molecular weight is 440 g/mol. The Bertz CT molecular complexity index is 1080. The zero-order valence-electron chi connectivity index (χ0n) is 16.2. The third kappa shape index (κ3) is 10.8. The Morgan fingerprint density at radius 2 is 1.23 bits per heavy atom. The molecule has 0 atom stereocenters. The molecule has 156 valence electrons. The zero-order valence-corrected chi connectivity index (χ0v) is 16.9. The highest BCUT2D eigenvalue weighted by Crippen LogP contribution is 2.18. The van der Waals surface area contributed by atoms with Crippen molar-refractivity contribution in [1.82, 2.24) is 0 Å². The highest BCUT2D eigenvalue weighted by molar-refractivity contribution is 6.30. The summed E-state index contributed by atoms with van der Waals surface area (Å²) >= 11 is 5.59. The van der Waals surface area contributed by atoms with Crippen LogP contribution in [0.2, 0.25) is 5.02 Å². The smallest absolute Gasteiger partial charge is 0.240 e. The Morgan fingerprint density at radius 3 is 1.71 bits per heavy atom. The Kier molecular flexibility index (Phi) is 11.8. The van der Waals surface area contributed by atoms with Gasteiger partial charge in [-0.25, -0.2) is 18.8 Å². The second kappa shape index (κ2) is 14.8. The van der Waals surface area contributed by atoms with Gasteiger partial charge < -0.3 is 4.74 Å². The highest BCUT2D eigenvalue weighted by atomic mass is 35.5. The first-order valence-electron chi connectivity index (χ1n) is 8.41. The normalized spacial score (nSPS) is 8.48. The summed E-state index contributed by atoms with van der Waals surface area (Å²) in [5, 5.41) is 0.566. The van der Waals surface area contributed by atoms with Gasteiger partial charge in [-0.1, -0.05) is 29.8 Å². The van der Waals surface area contributed by atoms with E-state index in [0.29, 0.717) is 22.1 Å². The molecular formula is C22H15ClFN3O4. The van der Waals surface area contributed by atoms with Gasteiger partial charge in [-0.3, -0.25) is 0 Å². The van der Waals surface area contributed by atoms with Crippen LogP contribution in [0.5, 0.6) is 5.75 Å². The molecule has 0 unspecified atom stereocenters. The van der Waals surface area contributed by atoms with Gasteiger partial charge in [0, 0.05) is 17.2 Å². The van der Waals surface area contributed by atoms with Crippen molar-refractivity contribution in [3.63, 3.8) is 0 Å². The molecule has 0 saturated carbocycles. The predicted octanol–water partition coefficient (Wildman–Crippen LogP) is 5.76. The molecule has 3 aromatic carbocycles. The van der Waals surface area contributed by atoms with Gasteiger partial charge in [0.05, 0.1) is 24.2 Å². The largest absolute Gasteiger partial charge is 0.497 e. The van der Waals surface area contributed by atoms with Crippen molar-refractivity contribution in [3.8, 4) is 5.75 Å². The topological polar surface area (TPSA) is 97.5 Å². The van der Waals surface area contributed by atoms with Gasteiger partial charge in [0.2, 0.25) is 18.2 Å². The van der Waals surface area contributed by atoms with Crippen LogP contribution in [0.15, 0.2) is 87.8 Å². The first-order chi connectivity index (χ1) is 15.0. The Morgan fingerprint density at radius 1 is 0.742 bits per heavy atom. The van der Waals surface area contributed by atoms with Crippen molar-refractivity contribution in [2.75, 3.05) is 7.11 Å². The Balaban J connectivity index is 0.000000233. The fourth-order valence-corrected chi connectivity index (χ4v) is 2.11. The summed E-state index contributed by atoms with van der Waals surface area (Å²) in [7, 11) is 1.56. The molecule has 0 aliphatic carbocycles. The molecule has 0 bridgehead atoms. The number of rotatable bonds is 4. The molecule has 9 heteroatoms. The second-order valence-corrected chi connectivity index (χ2v) is 5.71. The van der Waals surface area contributed by atoms with Crippen molar-refractivity contribution in [2.45, 2.75) is 0 Å². The lowest BCUT2D eigenvalue weighted by Gasteiger charge is -1.97. The maximum atomic E-state index is 12.3. The maximum Gasteiger partial charge on any atom is 0.240 e. The maximum absolute atomic E-state index is 12.3. The van der Waals surface area contributed by atoms with Gasteiger partial charge in [-0.2, -0.15) is 15.0 Å². The van der Waals surface area contributed by atoms with Crippen LogP contribution < -0.4 is 4.74 Å². The van der Waals surface area contributed by atoms with E-state index in [9.17, 15) is 18.8 Å². The molecule has 0 radical (unpaired) electrons. The molecule has 7 nitrogen and oxygen atoms in total. The second-order valence-electron chi connectivity index (χ2n) is 5.27. The molecular weight excluding hydrogens is 425 g/mol. The minimum atomic E-state index is -0.406. The van der Waals surface area contributed by atoms with Crippen molar-refractivity contribution in [1.29, 1.82) is 0 Å². The van der Waals surface area contributed by atoms with Crippen molar-refractivity contribution >= 4 is 46.9 Å². The molecule has 0 amide bonds. The number of methoxy groups -OCH3 is 1. The standard InChI is InChI=1S/C8H7NO2.C7H4ClNO.C7H4FNO/c1-11-8-4-2-3-7(5-8)9-6-10;2*8-6-2-1-3-7(4-6)9-5-10/h2-5H,1H3;2*1-4H. The fraction of sp³-hybridized carbons (Fsp3) is 0.0455. The van der Waals surface area contributed by atoms with Crippen LogP contribution in [-0.2, 0) is 14.4 Å². The molecule has 0 aromatic heterocycles. The van der Waals surface area contributed by atoms with Crippen molar-refractivity contribution in [3.05, 3.63) is 83.6 Å². The minimum Gasteiger partial charge on any atom is -0.497 e. The highest BCUT2D eigenvalue weighted by Gasteiger charge is 1.91. The van der Waals surface area contributed by atoms with Gasteiger partial charge in [-0.05, 0) is 42.5 Å². The first-order valence-corrected chi connectivity index (χ1v) is 8.79. The zero-order chi connectivity index (χ0) is 22.9. The first kappa shape index (κ1) is 24.9. The number of halogens is 2. The van der Waals surface area contributed by atoms with E-state index < -0.39 is 5.82 Å². The van der Waals surface area contributed by atoms with Crippen LogP contribution in [-0.4, -0.2) is 25.3 Å². The molecule has 3 aromatic rings. The molecule has 0 saturated heterocycles. The number of carbonyl (C=O) groups excluding carboxylic acids is 3. The van der Waals surface area contributed by atoms with Crippen LogP contribution in [0, 0.1) is 5.82 Å². The summed E-state index contributed by atoms with van der Waals surface area (Å²) in [5.41, 5.74) is 1.37. The lowest BCUT2D eigenvalue weighted by Crippen LogP contribution is -1.79. The molecule has 0 aliphatic rings. The van der Waals surface area contributed by atoms with Gasteiger partial charge in [0.15, 0.2) is 0 Å². The predicted molar refractivity (Wildman–Crippen MR) is 114 cm³/mol. The van der Waals surface area contributed by atoms with E-state index in [2.05, 4.69) is 15.0 Å². The van der Waals surface area contributed by atoms with E-state index in [1.165, 1.54) is 36.4 Å². The van der Waals surface area contributed by atoms with Crippen LogP contribution >= 0.6 is 11.6 Å². The van der Waals surface area contributed by atoms with Crippen LogP contribution in [0.1, 0.15) is 0 Å². The van der Waals surface area contributed by atoms with E-state index in [-0.39, 0.29) is 5.69 Å². The number of aliphatic imine (C=N–C) groups is 3. The number of ether oxygens (including phenoxy) is 1. The Labute approximate surface area is 182 Å². The van der Waals surface area contributed by atoms with Gasteiger partial charge in [-0.15, -0.1) is 0 Å². The van der Waals surface area contributed by atoms with Crippen molar-refractivity contribution in [2.24, 2.45) is 15.0 Å². The van der Waals surface area contributed by atoms with E-state index in [0.717, 1.165) is 6.07 Å². The lowest BCUT2D eigenvalue weighted by molar-refractivity contribution is 0.415. The van der Waals surface area contributed by atoms with E-state index in [4.69, 9.17) is 16.3 Å². The third-order valence-electron chi connectivity index (χ3n) is 3.19. The van der Waals surface area contributed by atoms with Crippen LogP contribution in [0.3, 0.4) is 0 Å². The van der Waals surface area contributed by atoms with Crippen LogP contribution in [0.25, 0.3) is 0 Å². The summed E-state index contributed by atoms with van der Waals surface area (Å²) in [4.78, 5) is 39.3. The quantitative estimate of drug-likeness (QED) is 0.381. The monoisotopic (exact) mass is 439 g/mol. The minimum absolute atomic E-state index is 0.287. The summed E-state index contributed by atoms with van der Waals surface area (Å²) in [6, 6.07) is 19.0.